The highest BCUT2D eigenvalue weighted by Crippen LogP contribution is 2.26. The summed E-state index contributed by atoms with van der Waals surface area (Å²) in [6, 6.07) is 20.9. The lowest BCUT2D eigenvalue weighted by atomic mass is 9.98. The van der Waals surface area contributed by atoms with Crippen molar-refractivity contribution in [2.75, 3.05) is 6.61 Å². The molecular weight excluding hydrogens is 438 g/mol. The fourth-order valence-corrected chi connectivity index (χ4v) is 3.87. The number of amides is 2. The lowest BCUT2D eigenvalue weighted by Gasteiger charge is -2.15. The van der Waals surface area contributed by atoms with Crippen LogP contribution in [0, 0.1) is 6.92 Å². The molecule has 0 radical (unpaired) electrons. The molecule has 3 aromatic rings. The third-order valence-corrected chi connectivity index (χ3v) is 5.68. The number of aryl methyl sites for hydroxylation is 1. The van der Waals surface area contributed by atoms with Gasteiger partial charge in [0.15, 0.2) is 6.04 Å². The first-order valence-corrected chi connectivity index (χ1v) is 11.1. The molecule has 1 heterocycles. The third kappa shape index (κ3) is 5.23. The van der Waals surface area contributed by atoms with Gasteiger partial charge in [-0.15, -0.1) is 10.1 Å². The highest BCUT2D eigenvalue weighted by Gasteiger charge is 2.47. The Hall–Kier alpha value is -3.64. The number of hydrazone groups is 1. The van der Waals surface area contributed by atoms with Crippen molar-refractivity contribution in [1.82, 2.24) is 10.7 Å². The van der Waals surface area contributed by atoms with Crippen LogP contribution in [0.15, 0.2) is 72.8 Å². The molecule has 0 spiro atoms. The summed E-state index contributed by atoms with van der Waals surface area (Å²) in [5.41, 5.74) is 6.23. The Morgan fingerprint density at radius 2 is 1.73 bits per heavy atom. The lowest BCUT2D eigenvalue weighted by Crippen LogP contribution is -2.42. The van der Waals surface area contributed by atoms with E-state index in [1.165, 1.54) is 0 Å². The van der Waals surface area contributed by atoms with Gasteiger partial charge in [-0.3, -0.25) is 9.59 Å². The van der Waals surface area contributed by atoms with E-state index in [1.807, 2.05) is 68.6 Å². The molecule has 1 saturated heterocycles. The van der Waals surface area contributed by atoms with Gasteiger partial charge in [-0.25, -0.2) is 0 Å². The fourth-order valence-electron chi connectivity index (χ4n) is 3.75. The molecule has 1 fully saturated rings. The van der Waals surface area contributed by atoms with Crippen LogP contribution in [0.1, 0.15) is 40.0 Å². The van der Waals surface area contributed by atoms with Gasteiger partial charge in [-0.1, -0.05) is 41.4 Å². The molecular formula is C26H25ClN3O3+. The molecule has 0 unspecified atom stereocenters. The average Bonchev–Trinajstić information content (AvgIpc) is 3.10. The standard InChI is InChI=1S/C26H24ClN3O3/c1-3-33-22-14-6-18(7-15-22)16-30-24(19-8-4-17(2)5-9-19)23(26(32)29-30)28-25(31)20-10-12-21(27)13-11-20/h4-16,23-24H,3H2,1-2H3,(H-,28,29,31,32)/p+1/b30-16-/t23-,24-/m0/s1. The molecule has 0 aliphatic carbocycles. The van der Waals surface area contributed by atoms with Crippen LogP contribution in [0.3, 0.4) is 0 Å². The summed E-state index contributed by atoms with van der Waals surface area (Å²) >= 11 is 5.93. The van der Waals surface area contributed by atoms with Crippen LogP contribution in [0.5, 0.6) is 5.75 Å². The number of nitrogens with zero attached hydrogens (tertiary/aromatic N) is 1. The number of halogens is 1. The zero-order chi connectivity index (χ0) is 23.4. The number of rotatable bonds is 6. The van der Waals surface area contributed by atoms with Crippen molar-refractivity contribution in [2.45, 2.75) is 25.9 Å². The van der Waals surface area contributed by atoms with Gasteiger partial charge in [0.05, 0.1) is 6.61 Å². The number of hydrogen-bond acceptors (Lipinski definition) is 3. The Morgan fingerprint density at radius 1 is 1.06 bits per heavy atom. The fraction of sp³-hybridized carbons (Fsp3) is 0.192. The summed E-state index contributed by atoms with van der Waals surface area (Å²) in [7, 11) is 0. The Morgan fingerprint density at radius 3 is 2.36 bits per heavy atom. The second-order valence-corrected chi connectivity index (χ2v) is 8.26. The molecule has 1 aliphatic rings. The van der Waals surface area contributed by atoms with Crippen molar-refractivity contribution in [3.8, 4) is 5.75 Å². The molecule has 0 bridgehead atoms. The number of ether oxygens (including phenoxy) is 1. The monoisotopic (exact) mass is 462 g/mol. The molecule has 2 atom stereocenters. The van der Waals surface area contributed by atoms with Crippen molar-refractivity contribution < 1.29 is 19.0 Å². The van der Waals surface area contributed by atoms with Gasteiger partial charge >= 0.3 is 5.91 Å². The number of hydrazine groups is 1. The molecule has 168 valence electrons. The largest absolute Gasteiger partial charge is 0.494 e. The van der Waals surface area contributed by atoms with E-state index in [0.29, 0.717) is 17.2 Å². The summed E-state index contributed by atoms with van der Waals surface area (Å²) in [6.07, 6.45) is 1.85. The van der Waals surface area contributed by atoms with E-state index >= 15 is 0 Å². The van der Waals surface area contributed by atoms with Crippen LogP contribution >= 0.6 is 11.6 Å². The van der Waals surface area contributed by atoms with Crippen molar-refractivity contribution in [3.63, 3.8) is 0 Å². The van der Waals surface area contributed by atoms with Gasteiger partial charge < -0.3 is 10.1 Å². The maximum Gasteiger partial charge on any atom is 0.304 e. The Balaban J connectivity index is 1.66. The van der Waals surface area contributed by atoms with Gasteiger partial charge in [0.2, 0.25) is 12.3 Å². The summed E-state index contributed by atoms with van der Waals surface area (Å²) in [5.74, 6) is 0.153. The van der Waals surface area contributed by atoms with Crippen LogP contribution in [0.2, 0.25) is 5.02 Å². The topological polar surface area (TPSA) is 70.4 Å². The van der Waals surface area contributed by atoms with E-state index in [1.54, 1.807) is 28.9 Å². The highest BCUT2D eigenvalue weighted by atomic mass is 35.5. The maximum atomic E-state index is 13.0. The minimum atomic E-state index is -0.783. The van der Waals surface area contributed by atoms with Gasteiger partial charge in [0, 0.05) is 21.7 Å². The minimum absolute atomic E-state index is 0.287. The van der Waals surface area contributed by atoms with Crippen molar-refractivity contribution in [2.24, 2.45) is 0 Å². The first kappa shape index (κ1) is 22.6. The van der Waals surface area contributed by atoms with Gasteiger partial charge in [0.25, 0.3) is 5.91 Å². The molecule has 0 aromatic heterocycles. The van der Waals surface area contributed by atoms with E-state index in [9.17, 15) is 9.59 Å². The van der Waals surface area contributed by atoms with Crippen LogP contribution in [-0.2, 0) is 4.79 Å². The van der Waals surface area contributed by atoms with Gasteiger partial charge in [-0.2, -0.15) is 0 Å². The highest BCUT2D eigenvalue weighted by molar-refractivity contribution is 6.30. The van der Waals surface area contributed by atoms with Crippen molar-refractivity contribution in [1.29, 1.82) is 0 Å². The smallest absolute Gasteiger partial charge is 0.304 e. The normalized spacial score (nSPS) is 18.8. The second-order valence-electron chi connectivity index (χ2n) is 7.83. The summed E-state index contributed by atoms with van der Waals surface area (Å²) < 4.78 is 7.25. The van der Waals surface area contributed by atoms with E-state index in [2.05, 4.69) is 10.7 Å². The number of carbonyl (C=O) groups excluding carboxylic acids is 2. The SMILES string of the molecule is CCOc1ccc(/C=[N+]2\NC(=O)[C@@H](NC(=O)c3ccc(Cl)cc3)[C@@H]2c2ccc(C)cc2)cc1. The first-order valence-electron chi connectivity index (χ1n) is 10.7. The lowest BCUT2D eigenvalue weighted by molar-refractivity contribution is -0.596. The molecule has 3 aromatic carbocycles. The number of nitrogens with one attached hydrogen (secondary N) is 2. The average molecular weight is 463 g/mol. The first-order chi connectivity index (χ1) is 15.9. The number of hydrogen-bond donors (Lipinski definition) is 2. The summed E-state index contributed by atoms with van der Waals surface area (Å²) in [6.45, 7) is 4.53. The molecule has 6 nitrogen and oxygen atoms in total. The van der Waals surface area contributed by atoms with Crippen LogP contribution in [0.25, 0.3) is 0 Å². The van der Waals surface area contributed by atoms with Crippen LogP contribution < -0.4 is 15.5 Å². The van der Waals surface area contributed by atoms with Crippen molar-refractivity contribution >= 4 is 29.6 Å². The van der Waals surface area contributed by atoms with E-state index in [-0.39, 0.29) is 11.8 Å². The zero-order valence-electron chi connectivity index (χ0n) is 18.4. The molecule has 1 aliphatic heterocycles. The van der Waals surface area contributed by atoms with Crippen LogP contribution in [-0.4, -0.2) is 35.4 Å². The van der Waals surface area contributed by atoms with E-state index in [4.69, 9.17) is 16.3 Å². The second kappa shape index (κ2) is 9.88. The molecule has 2 amide bonds. The minimum Gasteiger partial charge on any atom is -0.494 e. The molecule has 4 rings (SSSR count). The number of carbonyl (C=O) groups is 2. The zero-order valence-corrected chi connectivity index (χ0v) is 19.2. The Labute approximate surface area is 197 Å². The van der Waals surface area contributed by atoms with E-state index in [0.717, 1.165) is 22.4 Å². The van der Waals surface area contributed by atoms with E-state index < -0.39 is 12.1 Å². The summed E-state index contributed by atoms with van der Waals surface area (Å²) in [5, 5.41) is 3.43. The predicted molar refractivity (Wildman–Crippen MR) is 128 cm³/mol. The molecule has 2 N–H and O–H groups in total. The Kier molecular flexibility index (Phi) is 6.75. The maximum absolute atomic E-state index is 13.0. The van der Waals surface area contributed by atoms with Gasteiger partial charge in [0.1, 0.15) is 5.75 Å². The number of benzene rings is 3. The third-order valence-electron chi connectivity index (χ3n) is 5.43. The van der Waals surface area contributed by atoms with Gasteiger partial charge in [-0.05, 0) is 62.4 Å². The summed E-state index contributed by atoms with van der Waals surface area (Å²) in [4.78, 5) is 25.8. The molecule has 7 heteroatoms. The molecule has 33 heavy (non-hydrogen) atoms. The van der Waals surface area contributed by atoms with Crippen molar-refractivity contribution in [3.05, 3.63) is 100 Å². The predicted octanol–water partition coefficient (Wildman–Crippen LogP) is 4.06. The molecule has 0 saturated carbocycles. The van der Waals surface area contributed by atoms with Crippen LogP contribution in [0.4, 0.5) is 0 Å². The quantitative estimate of drug-likeness (QED) is 0.543. The Bertz CT molecular complexity index is 1170.